The Balaban J connectivity index is 1.87. The Morgan fingerprint density at radius 1 is 1.30 bits per heavy atom. The van der Waals surface area contributed by atoms with Gasteiger partial charge in [-0.3, -0.25) is 15.1 Å². The SMILES string of the molecule is CN(C)Cc1ccc(Oc2cc(Cl)c3cc(C(=O)N(C)C(=N)N)[nH]c3c2)o1. The van der Waals surface area contributed by atoms with Gasteiger partial charge in [0.2, 0.25) is 0 Å². The number of benzene rings is 1. The molecule has 0 unspecified atom stereocenters. The number of aromatic nitrogens is 1. The van der Waals surface area contributed by atoms with Crippen LogP contribution in [0.15, 0.2) is 34.7 Å². The maximum Gasteiger partial charge on any atom is 0.290 e. The zero-order valence-electron chi connectivity index (χ0n) is 15.2. The van der Waals surface area contributed by atoms with Crippen LogP contribution in [0.2, 0.25) is 5.02 Å². The third-order valence-electron chi connectivity index (χ3n) is 3.88. The summed E-state index contributed by atoms with van der Waals surface area (Å²) in [5, 5.41) is 8.45. The molecule has 0 radical (unpaired) electrons. The minimum atomic E-state index is -0.434. The third kappa shape index (κ3) is 4.07. The van der Waals surface area contributed by atoms with E-state index in [4.69, 9.17) is 31.9 Å². The van der Waals surface area contributed by atoms with E-state index >= 15 is 0 Å². The fourth-order valence-corrected chi connectivity index (χ4v) is 2.82. The fourth-order valence-electron chi connectivity index (χ4n) is 2.56. The number of halogens is 1. The van der Waals surface area contributed by atoms with Crippen molar-refractivity contribution in [1.82, 2.24) is 14.8 Å². The van der Waals surface area contributed by atoms with Gasteiger partial charge in [0.1, 0.15) is 17.2 Å². The highest BCUT2D eigenvalue weighted by Gasteiger charge is 2.18. The van der Waals surface area contributed by atoms with Gasteiger partial charge in [-0.2, -0.15) is 0 Å². The number of carbonyl (C=O) groups excluding carboxylic acids is 1. The molecule has 2 heterocycles. The van der Waals surface area contributed by atoms with Crippen LogP contribution in [-0.2, 0) is 6.54 Å². The summed E-state index contributed by atoms with van der Waals surface area (Å²) in [5.74, 6) is 0.819. The van der Waals surface area contributed by atoms with E-state index in [0.717, 1.165) is 10.7 Å². The van der Waals surface area contributed by atoms with Gasteiger partial charge < -0.3 is 24.8 Å². The van der Waals surface area contributed by atoms with Crippen LogP contribution in [0.3, 0.4) is 0 Å². The molecule has 0 saturated carbocycles. The number of guanidine groups is 1. The molecule has 0 saturated heterocycles. The number of nitrogens with one attached hydrogen (secondary N) is 2. The number of nitrogens with zero attached hydrogens (tertiary/aromatic N) is 2. The van der Waals surface area contributed by atoms with Crippen LogP contribution >= 0.6 is 11.6 Å². The van der Waals surface area contributed by atoms with Crippen molar-refractivity contribution in [3.63, 3.8) is 0 Å². The molecule has 0 aliphatic rings. The third-order valence-corrected chi connectivity index (χ3v) is 4.20. The average Bonchev–Trinajstić information content (AvgIpc) is 3.20. The summed E-state index contributed by atoms with van der Waals surface area (Å²) < 4.78 is 11.4. The summed E-state index contributed by atoms with van der Waals surface area (Å²) >= 11 is 6.33. The van der Waals surface area contributed by atoms with E-state index in [1.807, 2.05) is 25.1 Å². The van der Waals surface area contributed by atoms with E-state index in [0.29, 0.717) is 34.2 Å². The molecule has 1 amide bonds. The van der Waals surface area contributed by atoms with Crippen molar-refractivity contribution < 1.29 is 13.9 Å². The first-order valence-electron chi connectivity index (χ1n) is 8.10. The van der Waals surface area contributed by atoms with E-state index < -0.39 is 5.91 Å². The number of H-pyrrole nitrogens is 1. The predicted octanol–water partition coefficient (Wildman–Crippen LogP) is 3.23. The maximum atomic E-state index is 12.3. The molecule has 0 fully saturated rings. The Morgan fingerprint density at radius 2 is 2.04 bits per heavy atom. The molecule has 4 N–H and O–H groups in total. The number of amides is 1. The fraction of sp³-hybridized carbons (Fsp3) is 0.222. The normalized spacial score (nSPS) is 11.1. The number of ether oxygens (including phenoxy) is 1. The summed E-state index contributed by atoms with van der Waals surface area (Å²) in [6.45, 7) is 0.662. The number of hydrogen-bond acceptors (Lipinski definition) is 5. The second kappa shape index (κ2) is 7.34. The van der Waals surface area contributed by atoms with Gasteiger partial charge in [0.25, 0.3) is 11.9 Å². The summed E-state index contributed by atoms with van der Waals surface area (Å²) in [6, 6.07) is 8.57. The number of carbonyl (C=O) groups is 1. The predicted molar refractivity (Wildman–Crippen MR) is 103 cm³/mol. The number of fused-ring (bicyclic) bond motifs is 1. The molecular weight excluding hydrogens is 370 g/mol. The highest BCUT2D eigenvalue weighted by Crippen LogP contribution is 2.33. The molecule has 0 atom stereocenters. The van der Waals surface area contributed by atoms with Crippen molar-refractivity contribution in [3.05, 3.63) is 46.8 Å². The molecule has 1 aromatic carbocycles. The monoisotopic (exact) mass is 389 g/mol. The topological polar surface area (TPSA) is 112 Å². The van der Waals surface area contributed by atoms with Gasteiger partial charge in [-0.1, -0.05) is 11.6 Å². The molecule has 8 nitrogen and oxygen atoms in total. The number of nitrogens with two attached hydrogens (primary N) is 1. The Hall–Kier alpha value is -2.97. The Morgan fingerprint density at radius 3 is 2.70 bits per heavy atom. The maximum absolute atomic E-state index is 12.3. The molecule has 3 rings (SSSR count). The summed E-state index contributed by atoms with van der Waals surface area (Å²) in [5.41, 5.74) is 6.25. The zero-order chi connectivity index (χ0) is 19.7. The Bertz CT molecular complexity index is 1010. The number of hydrogen-bond donors (Lipinski definition) is 3. The van der Waals surface area contributed by atoms with Gasteiger partial charge in [0, 0.05) is 30.6 Å². The van der Waals surface area contributed by atoms with Crippen molar-refractivity contribution in [2.45, 2.75) is 6.54 Å². The van der Waals surface area contributed by atoms with E-state index in [9.17, 15) is 4.79 Å². The Kier molecular flexibility index (Phi) is 5.11. The first-order valence-corrected chi connectivity index (χ1v) is 8.48. The quantitative estimate of drug-likeness (QED) is 0.458. The van der Waals surface area contributed by atoms with Crippen molar-refractivity contribution in [2.24, 2.45) is 5.73 Å². The molecule has 0 bridgehead atoms. The van der Waals surface area contributed by atoms with Gasteiger partial charge in [0.15, 0.2) is 5.96 Å². The second-order valence-corrected chi connectivity index (χ2v) is 6.77. The van der Waals surface area contributed by atoms with Crippen molar-refractivity contribution in [2.75, 3.05) is 21.1 Å². The number of rotatable bonds is 5. The molecule has 2 aromatic heterocycles. The minimum Gasteiger partial charge on any atom is -0.429 e. The van der Waals surface area contributed by atoms with Crippen LogP contribution in [0.1, 0.15) is 16.2 Å². The molecular formula is C18H20ClN5O3. The van der Waals surface area contributed by atoms with E-state index in [2.05, 4.69) is 4.98 Å². The first-order chi connectivity index (χ1) is 12.7. The van der Waals surface area contributed by atoms with Gasteiger partial charge in [-0.15, -0.1) is 0 Å². The number of aromatic amines is 1. The largest absolute Gasteiger partial charge is 0.429 e. The lowest BCUT2D eigenvalue weighted by Gasteiger charge is -2.12. The zero-order valence-corrected chi connectivity index (χ0v) is 15.9. The minimum absolute atomic E-state index is 0.271. The van der Waals surface area contributed by atoms with Crippen LogP contribution in [0.25, 0.3) is 10.9 Å². The summed E-state index contributed by atoms with van der Waals surface area (Å²) in [7, 11) is 5.32. The lowest BCUT2D eigenvalue weighted by atomic mass is 10.2. The average molecular weight is 390 g/mol. The molecule has 0 spiro atoms. The van der Waals surface area contributed by atoms with Crippen molar-refractivity contribution >= 4 is 34.4 Å². The lowest BCUT2D eigenvalue weighted by molar-refractivity contribution is 0.0864. The first kappa shape index (κ1) is 18.8. The van der Waals surface area contributed by atoms with E-state index in [-0.39, 0.29) is 11.7 Å². The highest BCUT2D eigenvalue weighted by atomic mass is 35.5. The molecule has 142 valence electrons. The van der Waals surface area contributed by atoms with E-state index in [1.165, 1.54) is 7.05 Å². The summed E-state index contributed by atoms with van der Waals surface area (Å²) in [4.78, 5) is 18.3. The van der Waals surface area contributed by atoms with Crippen LogP contribution in [0, 0.1) is 5.41 Å². The molecule has 27 heavy (non-hydrogen) atoms. The molecule has 3 aromatic rings. The summed E-state index contributed by atoms with van der Waals surface area (Å²) in [6.07, 6.45) is 0. The van der Waals surface area contributed by atoms with E-state index in [1.54, 1.807) is 24.3 Å². The van der Waals surface area contributed by atoms with Crippen LogP contribution in [0.5, 0.6) is 11.7 Å². The van der Waals surface area contributed by atoms with Crippen molar-refractivity contribution in [3.8, 4) is 11.7 Å². The van der Waals surface area contributed by atoms with Gasteiger partial charge in [-0.25, -0.2) is 0 Å². The smallest absolute Gasteiger partial charge is 0.290 e. The van der Waals surface area contributed by atoms with Crippen molar-refractivity contribution in [1.29, 1.82) is 5.41 Å². The van der Waals surface area contributed by atoms with Gasteiger partial charge in [-0.05, 0) is 26.2 Å². The standard InChI is InChI=1S/C18H20ClN5O3/c1-23(2)9-10-4-5-16(26-10)27-11-6-13(19)12-8-15(22-14(12)7-11)17(25)24(3)18(20)21/h4-8,22H,9H2,1-3H3,(H3,20,21). The highest BCUT2D eigenvalue weighted by molar-refractivity contribution is 6.35. The molecule has 0 aliphatic carbocycles. The van der Waals surface area contributed by atoms with Crippen LogP contribution in [-0.4, -0.2) is 47.8 Å². The second-order valence-electron chi connectivity index (χ2n) is 6.36. The number of furan rings is 1. The van der Waals surface area contributed by atoms with Crippen LogP contribution in [0.4, 0.5) is 0 Å². The van der Waals surface area contributed by atoms with Gasteiger partial charge >= 0.3 is 0 Å². The Labute approximate surface area is 160 Å². The molecule has 0 aliphatic heterocycles. The van der Waals surface area contributed by atoms with Gasteiger partial charge in [0.05, 0.1) is 17.1 Å². The lowest BCUT2D eigenvalue weighted by Crippen LogP contribution is -2.38. The molecule has 9 heteroatoms. The van der Waals surface area contributed by atoms with Crippen LogP contribution < -0.4 is 10.5 Å².